The first-order valence-electron chi connectivity index (χ1n) is 11.1. The number of benzene rings is 2. The molecular weight excluding hydrogens is 408 g/mol. The molecule has 164 valence electrons. The summed E-state index contributed by atoms with van der Waals surface area (Å²) in [7, 11) is -2.57. The molecule has 1 aliphatic rings. The van der Waals surface area contributed by atoms with E-state index in [4.69, 9.17) is 13.9 Å². The van der Waals surface area contributed by atoms with Gasteiger partial charge in [0.05, 0.1) is 6.10 Å². The van der Waals surface area contributed by atoms with Crippen molar-refractivity contribution < 1.29 is 13.9 Å². The molecule has 0 saturated carbocycles. The van der Waals surface area contributed by atoms with E-state index in [-0.39, 0.29) is 17.4 Å². The SMILES string of the molecule is CCOC(C[C@H](O[Si](c1ccccc1)(c1ccccc1)C(C)(C)C)C1CS1)OCC. The van der Waals surface area contributed by atoms with Gasteiger partial charge in [-0.25, -0.2) is 0 Å². The predicted molar refractivity (Wildman–Crippen MR) is 130 cm³/mol. The molecule has 2 atom stereocenters. The van der Waals surface area contributed by atoms with Gasteiger partial charge in [0.15, 0.2) is 6.29 Å². The highest BCUT2D eigenvalue weighted by Gasteiger charge is 2.53. The Bertz CT molecular complexity index is 713. The summed E-state index contributed by atoms with van der Waals surface area (Å²) in [5, 5.41) is 3.13. The van der Waals surface area contributed by atoms with E-state index >= 15 is 0 Å². The highest BCUT2D eigenvalue weighted by Crippen LogP contribution is 2.43. The van der Waals surface area contributed by atoms with Crippen molar-refractivity contribution in [1.82, 2.24) is 0 Å². The molecule has 0 N–H and O–H groups in total. The summed E-state index contributed by atoms with van der Waals surface area (Å²) in [6.07, 6.45) is 0.651. The normalized spacial score (nSPS) is 17.9. The largest absolute Gasteiger partial charge is 0.403 e. The molecule has 1 heterocycles. The average molecular weight is 445 g/mol. The lowest BCUT2D eigenvalue weighted by molar-refractivity contribution is -0.150. The van der Waals surface area contributed by atoms with E-state index in [0.29, 0.717) is 18.5 Å². The zero-order valence-corrected chi connectivity index (χ0v) is 20.8. The fraction of sp³-hybridized carbons (Fsp3) is 0.520. The Morgan fingerprint density at radius 2 is 1.37 bits per heavy atom. The number of rotatable bonds is 11. The Labute approximate surface area is 187 Å². The van der Waals surface area contributed by atoms with Crippen LogP contribution in [-0.2, 0) is 13.9 Å². The van der Waals surface area contributed by atoms with Gasteiger partial charge in [-0.1, -0.05) is 81.4 Å². The molecule has 0 amide bonds. The van der Waals surface area contributed by atoms with Crippen molar-refractivity contribution in [1.29, 1.82) is 0 Å². The van der Waals surface area contributed by atoms with Crippen molar-refractivity contribution in [2.75, 3.05) is 19.0 Å². The van der Waals surface area contributed by atoms with Crippen molar-refractivity contribution in [3.05, 3.63) is 60.7 Å². The predicted octanol–water partition coefficient (Wildman–Crippen LogP) is 4.84. The fourth-order valence-corrected chi connectivity index (χ4v) is 9.75. The lowest BCUT2D eigenvalue weighted by Crippen LogP contribution is -2.68. The Morgan fingerprint density at radius 3 is 1.73 bits per heavy atom. The highest BCUT2D eigenvalue weighted by atomic mass is 32.2. The Hall–Kier alpha value is -1.11. The van der Waals surface area contributed by atoms with Gasteiger partial charge < -0.3 is 13.9 Å². The van der Waals surface area contributed by atoms with Crippen LogP contribution in [0.4, 0.5) is 0 Å². The van der Waals surface area contributed by atoms with E-state index in [1.807, 2.05) is 25.6 Å². The molecule has 1 fully saturated rings. The maximum Gasteiger partial charge on any atom is 0.261 e. The van der Waals surface area contributed by atoms with Crippen molar-refractivity contribution in [2.24, 2.45) is 0 Å². The zero-order valence-electron chi connectivity index (χ0n) is 19.0. The first-order chi connectivity index (χ1) is 14.4. The molecule has 0 aromatic heterocycles. The van der Waals surface area contributed by atoms with Gasteiger partial charge in [-0.3, -0.25) is 0 Å². The highest BCUT2D eigenvalue weighted by molar-refractivity contribution is 8.06. The average Bonchev–Trinajstić information content (AvgIpc) is 3.57. The molecule has 1 aliphatic heterocycles. The first kappa shape index (κ1) is 23.5. The minimum Gasteiger partial charge on any atom is -0.403 e. The molecule has 0 aliphatic carbocycles. The van der Waals surface area contributed by atoms with Gasteiger partial charge in [0.2, 0.25) is 0 Å². The summed E-state index contributed by atoms with van der Waals surface area (Å²) in [5.41, 5.74) is 0. The molecule has 3 rings (SSSR count). The van der Waals surface area contributed by atoms with Gasteiger partial charge >= 0.3 is 0 Å². The van der Waals surface area contributed by atoms with E-state index in [9.17, 15) is 0 Å². The van der Waals surface area contributed by atoms with Gasteiger partial charge in [0.1, 0.15) is 0 Å². The number of thioether (sulfide) groups is 1. The fourth-order valence-electron chi connectivity index (χ4n) is 4.21. The second-order valence-electron chi connectivity index (χ2n) is 8.77. The minimum absolute atomic E-state index is 0.0275. The lowest BCUT2D eigenvalue weighted by Gasteiger charge is -2.45. The van der Waals surface area contributed by atoms with Gasteiger partial charge in [-0.05, 0) is 29.3 Å². The number of ether oxygens (including phenoxy) is 2. The van der Waals surface area contributed by atoms with Gasteiger partial charge in [0, 0.05) is 30.6 Å². The van der Waals surface area contributed by atoms with Crippen LogP contribution >= 0.6 is 11.8 Å². The van der Waals surface area contributed by atoms with Gasteiger partial charge in [-0.2, -0.15) is 11.8 Å². The van der Waals surface area contributed by atoms with Crippen LogP contribution in [-0.4, -0.2) is 44.9 Å². The Morgan fingerprint density at radius 1 is 0.900 bits per heavy atom. The second kappa shape index (κ2) is 10.5. The molecule has 0 spiro atoms. The van der Waals surface area contributed by atoms with Crippen molar-refractivity contribution >= 4 is 30.5 Å². The van der Waals surface area contributed by atoms with E-state index < -0.39 is 8.32 Å². The van der Waals surface area contributed by atoms with E-state index in [0.717, 1.165) is 12.2 Å². The van der Waals surface area contributed by atoms with Crippen LogP contribution in [0.25, 0.3) is 0 Å². The standard InChI is InChI=1S/C25H36O3SSi/c1-6-26-24(27-7-2)18-22(23-19-29-23)28-30(25(3,4)5,20-14-10-8-11-15-20)21-16-12-9-13-17-21/h8-17,22-24H,6-7,18-19H2,1-5H3/t22-,23?/m0/s1. The molecule has 2 aromatic carbocycles. The topological polar surface area (TPSA) is 27.7 Å². The van der Waals surface area contributed by atoms with Crippen molar-refractivity contribution in [3.63, 3.8) is 0 Å². The molecule has 1 unspecified atom stereocenters. The van der Waals surface area contributed by atoms with Crippen molar-refractivity contribution in [3.8, 4) is 0 Å². The maximum absolute atomic E-state index is 7.38. The summed E-state index contributed by atoms with van der Waals surface area (Å²) in [6.45, 7) is 12.3. The Balaban J connectivity index is 2.05. The third-order valence-electron chi connectivity index (χ3n) is 5.65. The van der Waals surface area contributed by atoms with Crippen molar-refractivity contribution in [2.45, 2.75) is 63.7 Å². The summed E-state index contributed by atoms with van der Waals surface area (Å²) in [5.74, 6) is 1.15. The third-order valence-corrected chi connectivity index (χ3v) is 11.7. The minimum atomic E-state index is -2.57. The molecule has 0 radical (unpaired) electrons. The Kier molecular flexibility index (Phi) is 8.22. The molecule has 30 heavy (non-hydrogen) atoms. The van der Waals surface area contributed by atoms with Crippen LogP contribution in [0.2, 0.25) is 5.04 Å². The summed E-state index contributed by atoms with van der Waals surface area (Å²) < 4.78 is 19.2. The van der Waals surface area contributed by atoms with Crippen LogP contribution in [0.15, 0.2) is 60.7 Å². The van der Waals surface area contributed by atoms with Crippen LogP contribution in [0.1, 0.15) is 41.0 Å². The molecule has 0 bridgehead atoms. The number of hydrogen-bond donors (Lipinski definition) is 0. The number of hydrogen-bond acceptors (Lipinski definition) is 4. The zero-order chi connectivity index (χ0) is 21.6. The smallest absolute Gasteiger partial charge is 0.261 e. The van der Waals surface area contributed by atoms with Crippen LogP contribution in [0.5, 0.6) is 0 Å². The van der Waals surface area contributed by atoms with E-state index in [1.54, 1.807) is 0 Å². The summed E-state index contributed by atoms with van der Waals surface area (Å²) >= 11 is 1.98. The monoisotopic (exact) mass is 444 g/mol. The molecular formula is C25H36O3SSi. The maximum atomic E-state index is 7.38. The van der Waals surface area contributed by atoms with Crippen LogP contribution in [0, 0.1) is 0 Å². The van der Waals surface area contributed by atoms with E-state index in [2.05, 4.69) is 81.4 Å². The molecule has 3 nitrogen and oxygen atoms in total. The summed E-state index contributed by atoms with van der Waals surface area (Å²) in [6, 6.07) is 21.7. The quantitative estimate of drug-likeness (QED) is 0.282. The summed E-state index contributed by atoms with van der Waals surface area (Å²) in [4.78, 5) is 0. The second-order valence-corrected chi connectivity index (χ2v) is 14.3. The van der Waals surface area contributed by atoms with Gasteiger partial charge in [0.25, 0.3) is 8.32 Å². The molecule has 2 aromatic rings. The third kappa shape index (κ3) is 5.38. The first-order valence-corrected chi connectivity index (χ1v) is 14.0. The lowest BCUT2D eigenvalue weighted by atomic mass is 10.2. The van der Waals surface area contributed by atoms with Gasteiger partial charge in [-0.15, -0.1) is 0 Å². The van der Waals surface area contributed by atoms with Crippen LogP contribution < -0.4 is 10.4 Å². The van der Waals surface area contributed by atoms with Crippen LogP contribution in [0.3, 0.4) is 0 Å². The van der Waals surface area contributed by atoms with E-state index in [1.165, 1.54) is 10.4 Å². The molecule has 1 saturated heterocycles. The molecule has 5 heteroatoms.